The van der Waals surface area contributed by atoms with Crippen molar-refractivity contribution in [3.63, 3.8) is 0 Å². The number of rotatable bonds is 2. The molecular weight excluding hydrogens is 352 g/mol. The Balaban J connectivity index is 1.92. The van der Waals surface area contributed by atoms with Gasteiger partial charge in [-0.1, -0.05) is 63.2 Å². The van der Waals surface area contributed by atoms with Gasteiger partial charge in [0, 0.05) is 23.6 Å². The first-order valence-corrected chi connectivity index (χ1v) is 9.38. The van der Waals surface area contributed by atoms with E-state index in [-0.39, 0.29) is 5.41 Å². The van der Waals surface area contributed by atoms with Crippen molar-refractivity contribution in [1.29, 1.82) is 0 Å². The lowest BCUT2D eigenvalue weighted by Crippen LogP contribution is -2.10. The fraction of sp³-hybridized carbons (Fsp3) is 0.227. The van der Waals surface area contributed by atoms with Crippen LogP contribution in [0.15, 0.2) is 54.6 Å². The summed E-state index contributed by atoms with van der Waals surface area (Å²) in [4.78, 5) is 4.89. The zero-order valence-electron chi connectivity index (χ0n) is 15.9. The third-order valence-corrected chi connectivity index (χ3v) is 5.25. The Labute approximate surface area is 163 Å². The number of nitrogens with zero attached hydrogens (tertiary/aromatic N) is 3. The number of hydrogen-bond donors (Lipinski definition) is 1. The third-order valence-electron chi connectivity index (χ3n) is 4.88. The summed E-state index contributed by atoms with van der Waals surface area (Å²) in [5.74, 6) is 0.811. The van der Waals surface area contributed by atoms with Gasteiger partial charge in [-0.25, -0.2) is 4.98 Å². The highest BCUT2D eigenvalue weighted by molar-refractivity contribution is 7.71. The number of nitrogens with one attached hydrogen (secondary N) is 1. The second kappa shape index (κ2) is 6.43. The summed E-state index contributed by atoms with van der Waals surface area (Å²) in [5, 5.41) is 8.37. The van der Waals surface area contributed by atoms with Gasteiger partial charge in [0.15, 0.2) is 10.6 Å². The van der Waals surface area contributed by atoms with E-state index in [1.54, 1.807) is 0 Å². The van der Waals surface area contributed by atoms with Gasteiger partial charge in [-0.2, -0.15) is 5.10 Å². The molecule has 4 aromatic rings. The van der Waals surface area contributed by atoms with Crippen LogP contribution in [0.3, 0.4) is 0 Å². The summed E-state index contributed by atoms with van der Waals surface area (Å²) in [5.41, 5.74) is 5.42. The maximum atomic E-state index is 5.30. The van der Waals surface area contributed by atoms with Crippen molar-refractivity contribution in [1.82, 2.24) is 19.7 Å². The summed E-state index contributed by atoms with van der Waals surface area (Å²) in [6.07, 6.45) is 0. The first kappa shape index (κ1) is 17.6. The molecule has 2 aromatic heterocycles. The van der Waals surface area contributed by atoms with Crippen molar-refractivity contribution in [2.45, 2.75) is 26.2 Å². The lowest BCUT2D eigenvalue weighted by Gasteiger charge is -2.19. The molecule has 1 N–H and O–H groups in total. The molecule has 0 bridgehead atoms. The number of aromatic amines is 1. The number of aromatic nitrogens is 4. The number of para-hydroxylation sites is 1. The Morgan fingerprint density at radius 1 is 1.00 bits per heavy atom. The summed E-state index contributed by atoms with van der Waals surface area (Å²) >= 11 is 5.30. The number of pyridine rings is 1. The second-order valence-corrected chi connectivity index (χ2v) is 8.20. The van der Waals surface area contributed by atoms with Gasteiger partial charge in [0.05, 0.1) is 11.2 Å². The molecule has 0 fully saturated rings. The Kier molecular flexibility index (Phi) is 4.19. The Morgan fingerprint density at radius 2 is 1.70 bits per heavy atom. The molecule has 0 saturated heterocycles. The highest BCUT2D eigenvalue weighted by Gasteiger charge is 2.16. The molecule has 136 valence electrons. The lowest BCUT2D eigenvalue weighted by molar-refractivity contribution is 0.590. The number of hydrogen-bond acceptors (Lipinski definition) is 3. The monoisotopic (exact) mass is 374 g/mol. The summed E-state index contributed by atoms with van der Waals surface area (Å²) < 4.78 is 2.49. The average molecular weight is 375 g/mol. The van der Waals surface area contributed by atoms with Crippen molar-refractivity contribution >= 4 is 23.1 Å². The highest BCUT2D eigenvalue weighted by atomic mass is 32.1. The number of benzene rings is 2. The molecule has 0 spiro atoms. The first-order valence-electron chi connectivity index (χ1n) is 8.97. The molecule has 0 aliphatic carbocycles. The lowest BCUT2D eigenvalue weighted by atomic mass is 9.86. The summed E-state index contributed by atoms with van der Waals surface area (Å²) in [6.45, 7) is 6.66. The van der Waals surface area contributed by atoms with E-state index in [1.165, 1.54) is 5.56 Å². The standard InChI is InChI=1S/C22H22N4S/c1-22(2,3)15-11-9-14(10-12-15)19-13-17(20-24-25-21(27)26(20)4)16-7-5-6-8-18(16)23-19/h5-13H,1-4H3,(H,25,27). The van der Waals surface area contributed by atoms with Crippen molar-refractivity contribution in [2.24, 2.45) is 7.05 Å². The van der Waals surface area contributed by atoms with Gasteiger partial charge in [-0.15, -0.1) is 0 Å². The zero-order chi connectivity index (χ0) is 19.2. The van der Waals surface area contributed by atoms with E-state index in [9.17, 15) is 0 Å². The van der Waals surface area contributed by atoms with Gasteiger partial charge >= 0.3 is 0 Å². The highest BCUT2D eigenvalue weighted by Crippen LogP contribution is 2.32. The number of H-pyrrole nitrogens is 1. The molecule has 2 heterocycles. The second-order valence-electron chi connectivity index (χ2n) is 7.81. The predicted octanol–water partition coefficient (Wildman–Crippen LogP) is 5.66. The maximum Gasteiger partial charge on any atom is 0.195 e. The SMILES string of the molecule is Cn1c(-c2cc(-c3ccc(C(C)(C)C)cc3)nc3ccccc23)n[nH]c1=S. The van der Waals surface area contributed by atoms with E-state index >= 15 is 0 Å². The maximum absolute atomic E-state index is 5.30. The van der Waals surface area contributed by atoms with Crippen LogP contribution in [0.1, 0.15) is 26.3 Å². The van der Waals surface area contributed by atoms with Crippen molar-refractivity contribution in [3.05, 3.63) is 64.9 Å². The molecule has 0 radical (unpaired) electrons. The molecule has 27 heavy (non-hydrogen) atoms. The predicted molar refractivity (Wildman–Crippen MR) is 113 cm³/mol. The van der Waals surface area contributed by atoms with Crippen LogP contribution < -0.4 is 0 Å². The molecule has 0 aliphatic heterocycles. The third kappa shape index (κ3) is 3.19. The van der Waals surface area contributed by atoms with Crippen LogP contribution in [0.4, 0.5) is 0 Å². The first-order chi connectivity index (χ1) is 12.8. The molecule has 4 rings (SSSR count). The van der Waals surface area contributed by atoms with E-state index in [2.05, 4.69) is 67.4 Å². The molecule has 0 amide bonds. The molecule has 5 heteroatoms. The Morgan fingerprint density at radius 3 is 2.33 bits per heavy atom. The van der Waals surface area contributed by atoms with Gasteiger partial charge in [0.25, 0.3) is 0 Å². The van der Waals surface area contributed by atoms with E-state index in [0.29, 0.717) is 4.77 Å². The molecule has 4 nitrogen and oxygen atoms in total. The fourth-order valence-electron chi connectivity index (χ4n) is 3.24. The van der Waals surface area contributed by atoms with Crippen molar-refractivity contribution in [3.8, 4) is 22.6 Å². The van der Waals surface area contributed by atoms with Crippen LogP contribution in [0.2, 0.25) is 0 Å². The van der Waals surface area contributed by atoms with Crippen LogP contribution in [0, 0.1) is 4.77 Å². The minimum Gasteiger partial charge on any atom is -0.303 e. The van der Waals surface area contributed by atoms with E-state index in [0.717, 1.165) is 33.5 Å². The zero-order valence-corrected chi connectivity index (χ0v) is 16.8. The van der Waals surface area contributed by atoms with Crippen LogP contribution in [0.5, 0.6) is 0 Å². The van der Waals surface area contributed by atoms with Crippen LogP contribution in [0.25, 0.3) is 33.5 Å². The smallest absolute Gasteiger partial charge is 0.195 e. The van der Waals surface area contributed by atoms with Crippen molar-refractivity contribution < 1.29 is 0 Å². The van der Waals surface area contributed by atoms with Crippen LogP contribution in [-0.2, 0) is 12.5 Å². The Bertz CT molecular complexity index is 1180. The quantitative estimate of drug-likeness (QED) is 0.461. The molecule has 0 saturated carbocycles. The van der Waals surface area contributed by atoms with Crippen molar-refractivity contribution in [2.75, 3.05) is 0 Å². The van der Waals surface area contributed by atoms with Gasteiger partial charge in [-0.05, 0) is 35.3 Å². The minimum absolute atomic E-state index is 0.128. The largest absolute Gasteiger partial charge is 0.303 e. The summed E-state index contributed by atoms with van der Waals surface area (Å²) in [6, 6.07) is 18.9. The molecular formula is C22H22N4S. The van der Waals surface area contributed by atoms with Crippen LogP contribution in [-0.4, -0.2) is 19.7 Å². The van der Waals surface area contributed by atoms with Gasteiger partial charge in [-0.3, -0.25) is 5.10 Å². The normalized spacial score (nSPS) is 11.9. The van der Waals surface area contributed by atoms with Gasteiger partial charge < -0.3 is 4.57 Å². The van der Waals surface area contributed by atoms with E-state index in [1.807, 2.05) is 29.8 Å². The van der Waals surface area contributed by atoms with Gasteiger partial charge in [0.1, 0.15) is 0 Å². The number of fused-ring (bicyclic) bond motifs is 1. The average Bonchev–Trinajstić information content (AvgIpc) is 2.99. The molecule has 2 aromatic carbocycles. The van der Waals surface area contributed by atoms with Crippen LogP contribution >= 0.6 is 12.2 Å². The van der Waals surface area contributed by atoms with Gasteiger partial charge in [0.2, 0.25) is 0 Å². The minimum atomic E-state index is 0.128. The molecule has 0 atom stereocenters. The fourth-order valence-corrected chi connectivity index (χ4v) is 3.37. The summed E-state index contributed by atoms with van der Waals surface area (Å²) in [7, 11) is 1.92. The molecule has 0 aliphatic rings. The molecule has 0 unspecified atom stereocenters. The topological polar surface area (TPSA) is 46.5 Å². The Hall–Kier alpha value is -2.79. The van der Waals surface area contributed by atoms with E-state index < -0.39 is 0 Å². The van der Waals surface area contributed by atoms with E-state index in [4.69, 9.17) is 17.2 Å².